The van der Waals surface area contributed by atoms with Crippen LogP contribution in [0.2, 0.25) is 0 Å². The summed E-state index contributed by atoms with van der Waals surface area (Å²) in [6, 6.07) is 4.12. The molecule has 0 aliphatic carbocycles. The van der Waals surface area contributed by atoms with E-state index >= 15 is 0 Å². The molecule has 9 heteroatoms. The first-order valence-electron chi connectivity index (χ1n) is 10.6. The largest absolute Gasteiger partial charge is 0.390 e. The molecule has 2 aromatic rings. The maximum atomic E-state index is 12.9. The number of thiol groups is 1. The van der Waals surface area contributed by atoms with Crippen molar-refractivity contribution >= 4 is 27.8 Å². The number of carbonyl (C=O) groups excluding carboxylic acids is 1. The van der Waals surface area contributed by atoms with Crippen molar-refractivity contribution in [1.29, 1.82) is 0 Å². The molecule has 1 amide bonds. The van der Waals surface area contributed by atoms with Crippen molar-refractivity contribution in [2.75, 3.05) is 7.11 Å². The van der Waals surface area contributed by atoms with E-state index in [2.05, 4.69) is 49.2 Å². The van der Waals surface area contributed by atoms with Gasteiger partial charge in [0.25, 0.3) is 5.91 Å². The van der Waals surface area contributed by atoms with Crippen LogP contribution in [0.1, 0.15) is 86.3 Å². The van der Waals surface area contributed by atoms with Gasteiger partial charge in [-0.2, -0.15) is 4.36 Å². The van der Waals surface area contributed by atoms with Crippen molar-refractivity contribution in [2.24, 2.45) is 4.36 Å². The zero-order valence-electron chi connectivity index (χ0n) is 19.8. The van der Waals surface area contributed by atoms with Crippen LogP contribution in [0.3, 0.4) is 0 Å². The number of carbonyl (C=O) groups is 1. The van der Waals surface area contributed by atoms with Crippen LogP contribution in [0.15, 0.2) is 20.7 Å². The third kappa shape index (κ3) is 6.45. The predicted molar refractivity (Wildman–Crippen MR) is 128 cm³/mol. The Hall–Kier alpha value is -1.65. The van der Waals surface area contributed by atoms with E-state index in [1.165, 1.54) is 0 Å². The molecule has 2 rings (SSSR count). The van der Waals surface area contributed by atoms with E-state index in [0.717, 1.165) is 33.6 Å². The van der Waals surface area contributed by atoms with Gasteiger partial charge in [-0.25, -0.2) is 9.19 Å². The summed E-state index contributed by atoms with van der Waals surface area (Å²) < 4.78 is 22.3. The van der Waals surface area contributed by atoms with Gasteiger partial charge in [0.1, 0.15) is 14.8 Å². The van der Waals surface area contributed by atoms with Crippen LogP contribution in [-0.2, 0) is 45.4 Å². The Bertz CT molecular complexity index is 1020. The Balaban J connectivity index is 2.46. The van der Waals surface area contributed by atoms with Crippen LogP contribution < -0.4 is 0 Å². The fraction of sp³-hybridized carbons (Fsp3) is 0.565. The van der Waals surface area contributed by atoms with Gasteiger partial charge in [0.2, 0.25) is 0 Å². The Morgan fingerprint density at radius 2 is 1.78 bits per heavy atom. The first-order chi connectivity index (χ1) is 14.9. The second kappa shape index (κ2) is 11.0. The van der Waals surface area contributed by atoms with E-state index in [0.29, 0.717) is 11.6 Å². The average molecular weight is 483 g/mol. The SMILES string of the molecule is COCc1cc(C(C)C)c(CC(=O)/N=[SH](=O)\c2sc(C(C)(C)O)nc2CO)c(C(C)C)c1. The van der Waals surface area contributed by atoms with Crippen molar-refractivity contribution in [3.8, 4) is 0 Å². The third-order valence-electron chi connectivity index (χ3n) is 4.99. The molecular weight excluding hydrogens is 448 g/mol. The lowest BCUT2D eigenvalue weighted by atomic mass is 9.85. The average Bonchev–Trinajstić information content (AvgIpc) is 3.13. The molecule has 1 atom stereocenters. The highest BCUT2D eigenvalue weighted by molar-refractivity contribution is 7.78. The van der Waals surface area contributed by atoms with Crippen molar-refractivity contribution < 1.29 is 24.0 Å². The number of thiazole rings is 1. The van der Waals surface area contributed by atoms with Gasteiger partial charge in [-0.05, 0) is 47.9 Å². The topological polar surface area (TPSA) is 109 Å². The van der Waals surface area contributed by atoms with E-state index in [9.17, 15) is 19.2 Å². The molecule has 0 spiro atoms. The first-order valence-corrected chi connectivity index (χ1v) is 12.6. The molecule has 178 valence electrons. The number of hydrogen-bond acceptors (Lipinski definition) is 7. The van der Waals surface area contributed by atoms with Crippen LogP contribution in [0.5, 0.6) is 0 Å². The number of hydrogen-bond donors (Lipinski definition) is 3. The second-order valence-electron chi connectivity index (χ2n) is 8.93. The Kier molecular flexibility index (Phi) is 9.13. The first kappa shape index (κ1) is 26.6. The summed E-state index contributed by atoms with van der Waals surface area (Å²) in [6.45, 7) is 11.5. The van der Waals surface area contributed by atoms with Gasteiger partial charge in [-0.3, -0.25) is 4.79 Å². The molecule has 2 N–H and O–H groups in total. The molecule has 0 saturated carbocycles. The summed E-state index contributed by atoms with van der Waals surface area (Å²) in [5.74, 6) is -0.105. The van der Waals surface area contributed by atoms with Crippen LogP contribution >= 0.6 is 11.3 Å². The van der Waals surface area contributed by atoms with Gasteiger partial charge in [-0.15, -0.1) is 11.3 Å². The van der Waals surface area contributed by atoms with E-state index in [1.807, 2.05) is 0 Å². The van der Waals surface area contributed by atoms with Crippen molar-refractivity contribution in [1.82, 2.24) is 4.98 Å². The molecule has 1 heterocycles. The maximum absolute atomic E-state index is 12.9. The number of benzene rings is 1. The second-order valence-corrected chi connectivity index (χ2v) is 11.4. The van der Waals surface area contributed by atoms with Gasteiger partial charge >= 0.3 is 0 Å². The summed E-state index contributed by atoms with van der Waals surface area (Å²) in [5, 5.41) is 20.1. The smallest absolute Gasteiger partial charge is 0.258 e. The summed E-state index contributed by atoms with van der Waals surface area (Å²) in [5.41, 5.74) is 3.01. The lowest BCUT2D eigenvalue weighted by Gasteiger charge is -2.21. The van der Waals surface area contributed by atoms with E-state index in [1.54, 1.807) is 21.0 Å². The number of aliphatic hydroxyl groups is 2. The molecule has 1 unspecified atom stereocenters. The molecule has 1 aromatic heterocycles. The summed E-state index contributed by atoms with van der Waals surface area (Å²) >= 11 is 1.01. The number of nitrogens with zero attached hydrogens (tertiary/aromatic N) is 2. The molecule has 1 aromatic carbocycles. The van der Waals surface area contributed by atoms with Crippen LogP contribution in [0, 0.1) is 0 Å². The Morgan fingerprint density at radius 3 is 2.22 bits per heavy atom. The number of amides is 1. The predicted octanol–water partition coefficient (Wildman–Crippen LogP) is 4.05. The van der Waals surface area contributed by atoms with Gasteiger partial charge in [0.15, 0.2) is 0 Å². The van der Waals surface area contributed by atoms with Gasteiger partial charge < -0.3 is 14.9 Å². The highest BCUT2D eigenvalue weighted by Gasteiger charge is 2.24. The van der Waals surface area contributed by atoms with Crippen LogP contribution in [0.25, 0.3) is 0 Å². The maximum Gasteiger partial charge on any atom is 0.258 e. The monoisotopic (exact) mass is 482 g/mol. The zero-order chi connectivity index (χ0) is 24.2. The molecule has 0 bridgehead atoms. The lowest BCUT2D eigenvalue weighted by Crippen LogP contribution is -2.14. The normalized spacial score (nSPS) is 13.3. The van der Waals surface area contributed by atoms with Crippen molar-refractivity contribution in [2.45, 2.75) is 82.8 Å². The van der Waals surface area contributed by atoms with Crippen molar-refractivity contribution in [3.63, 3.8) is 0 Å². The Morgan fingerprint density at radius 1 is 1.22 bits per heavy atom. The van der Waals surface area contributed by atoms with Crippen molar-refractivity contribution in [3.05, 3.63) is 45.1 Å². The molecule has 0 aliphatic rings. The number of aromatic nitrogens is 1. The van der Waals surface area contributed by atoms with Crippen LogP contribution in [-0.4, -0.2) is 32.4 Å². The fourth-order valence-electron chi connectivity index (χ4n) is 3.46. The van der Waals surface area contributed by atoms with E-state index in [-0.39, 0.29) is 28.2 Å². The van der Waals surface area contributed by atoms with Gasteiger partial charge in [0, 0.05) is 7.11 Å². The molecule has 0 saturated heterocycles. The number of aliphatic hydroxyl groups excluding tert-OH is 1. The minimum Gasteiger partial charge on any atom is -0.390 e. The van der Waals surface area contributed by atoms with Crippen LogP contribution in [0.4, 0.5) is 0 Å². The Labute approximate surface area is 196 Å². The highest BCUT2D eigenvalue weighted by Crippen LogP contribution is 2.32. The minimum atomic E-state index is -2.44. The van der Waals surface area contributed by atoms with Gasteiger partial charge in [0.05, 0.1) is 35.9 Å². The molecular formula is C23H34N2O5S2. The summed E-state index contributed by atoms with van der Waals surface area (Å²) in [7, 11) is -0.783. The fourth-order valence-corrected chi connectivity index (χ4v) is 5.67. The molecule has 7 nitrogen and oxygen atoms in total. The van der Waals surface area contributed by atoms with E-state index in [4.69, 9.17) is 4.74 Å². The summed E-state index contributed by atoms with van der Waals surface area (Å²) in [6.07, 6.45) is 0.0426. The quantitative estimate of drug-likeness (QED) is 0.465. The number of ether oxygens (including phenoxy) is 1. The molecule has 32 heavy (non-hydrogen) atoms. The summed E-state index contributed by atoms with van der Waals surface area (Å²) in [4.78, 5) is 17.0. The minimum absolute atomic E-state index is 0.0426. The molecule has 0 fully saturated rings. The number of rotatable bonds is 9. The highest BCUT2D eigenvalue weighted by atomic mass is 32.2. The lowest BCUT2D eigenvalue weighted by molar-refractivity contribution is -0.117. The zero-order valence-corrected chi connectivity index (χ0v) is 21.5. The molecule has 0 aliphatic heterocycles. The third-order valence-corrected chi connectivity index (χ3v) is 7.95. The molecule has 0 radical (unpaired) electrons. The standard InChI is InChI=1S/C23H34N2O5S2/c1-13(2)16-8-15(12-30-7)9-17(14(3)4)18(16)10-20(27)25-32(29)21-19(11-26)24-22(31-21)23(5,6)28/h8-9,13-14,26,28,32H,10-12H2,1-7H3. The van der Waals surface area contributed by atoms with E-state index < -0.39 is 28.7 Å². The van der Waals surface area contributed by atoms with Gasteiger partial charge in [-0.1, -0.05) is 39.8 Å². The number of methoxy groups -OCH3 is 1.